The summed E-state index contributed by atoms with van der Waals surface area (Å²) in [6.45, 7) is 3.65. The number of hydrogen-bond donors (Lipinski definition) is 1. The summed E-state index contributed by atoms with van der Waals surface area (Å²) in [6, 6.07) is 13.6. The second-order valence-electron chi connectivity index (χ2n) is 7.13. The van der Waals surface area contributed by atoms with E-state index in [9.17, 15) is 13.2 Å². The monoisotopic (exact) mass is 435 g/mol. The van der Waals surface area contributed by atoms with Crippen LogP contribution >= 0.6 is 11.6 Å². The van der Waals surface area contributed by atoms with Crippen LogP contribution in [0.15, 0.2) is 53.4 Å². The molecule has 1 unspecified atom stereocenters. The van der Waals surface area contributed by atoms with Crippen molar-refractivity contribution in [1.82, 2.24) is 9.21 Å². The zero-order valence-electron chi connectivity index (χ0n) is 16.6. The van der Waals surface area contributed by atoms with Gasteiger partial charge in [-0.3, -0.25) is 9.69 Å². The maximum atomic E-state index is 13.1. The summed E-state index contributed by atoms with van der Waals surface area (Å²) >= 11 is 6.20. The molecule has 0 bridgehead atoms. The Morgan fingerprint density at radius 1 is 1.17 bits per heavy atom. The van der Waals surface area contributed by atoms with Crippen LogP contribution in [-0.4, -0.2) is 50.2 Å². The van der Waals surface area contributed by atoms with Gasteiger partial charge in [0.15, 0.2) is 0 Å². The first-order valence-corrected chi connectivity index (χ1v) is 11.5. The van der Waals surface area contributed by atoms with E-state index in [1.807, 2.05) is 49.2 Å². The minimum absolute atomic E-state index is 0.0268. The smallest absolute Gasteiger partial charge is 0.246 e. The average molecular weight is 436 g/mol. The van der Waals surface area contributed by atoms with Gasteiger partial charge in [0.05, 0.1) is 5.02 Å². The molecule has 1 N–H and O–H groups in total. The van der Waals surface area contributed by atoms with E-state index in [0.717, 1.165) is 18.4 Å². The molecule has 0 aliphatic carbocycles. The predicted octanol–water partition coefficient (Wildman–Crippen LogP) is 3.76. The van der Waals surface area contributed by atoms with E-state index in [2.05, 4.69) is 5.32 Å². The molecule has 29 heavy (non-hydrogen) atoms. The van der Waals surface area contributed by atoms with Gasteiger partial charge in [0.25, 0.3) is 0 Å². The first-order valence-electron chi connectivity index (χ1n) is 9.70. The van der Waals surface area contributed by atoms with Crippen LogP contribution < -0.4 is 5.32 Å². The Kier molecular flexibility index (Phi) is 6.95. The van der Waals surface area contributed by atoms with Gasteiger partial charge < -0.3 is 5.32 Å². The molecule has 1 fully saturated rings. The summed E-state index contributed by atoms with van der Waals surface area (Å²) < 4.78 is 27.3. The number of hydrogen-bond acceptors (Lipinski definition) is 4. The second kappa shape index (κ2) is 9.26. The van der Waals surface area contributed by atoms with Crippen LogP contribution in [0.25, 0.3) is 0 Å². The Bertz CT molecular complexity index is 960. The highest BCUT2D eigenvalue weighted by Crippen LogP contribution is 2.30. The molecular formula is C21H26ClN3O3S. The van der Waals surface area contributed by atoms with E-state index in [-0.39, 0.29) is 15.8 Å². The summed E-state index contributed by atoms with van der Waals surface area (Å²) in [5.41, 5.74) is 1.27. The molecular weight excluding hydrogens is 410 g/mol. The van der Waals surface area contributed by atoms with Gasteiger partial charge in [-0.25, -0.2) is 8.42 Å². The Labute approximate surface area is 177 Å². The number of rotatable bonds is 7. The van der Waals surface area contributed by atoms with Gasteiger partial charge in [-0.2, -0.15) is 4.31 Å². The van der Waals surface area contributed by atoms with Gasteiger partial charge in [0, 0.05) is 18.8 Å². The molecule has 6 nitrogen and oxygen atoms in total. The van der Waals surface area contributed by atoms with Gasteiger partial charge in [-0.15, -0.1) is 0 Å². The maximum Gasteiger partial charge on any atom is 0.246 e. The zero-order valence-corrected chi connectivity index (χ0v) is 18.2. The van der Waals surface area contributed by atoms with E-state index in [1.165, 1.54) is 16.4 Å². The molecule has 1 aliphatic heterocycles. The number of carbonyl (C=O) groups is 1. The molecule has 2 aromatic rings. The van der Waals surface area contributed by atoms with Crippen molar-refractivity contribution < 1.29 is 13.2 Å². The van der Waals surface area contributed by atoms with Crippen LogP contribution in [-0.2, 0) is 14.8 Å². The van der Waals surface area contributed by atoms with Gasteiger partial charge >= 0.3 is 0 Å². The number of benzene rings is 2. The molecule has 156 valence electrons. The Morgan fingerprint density at radius 3 is 2.45 bits per heavy atom. The summed E-state index contributed by atoms with van der Waals surface area (Å²) in [4.78, 5) is 15.0. The van der Waals surface area contributed by atoms with E-state index >= 15 is 0 Å². The molecule has 1 amide bonds. The van der Waals surface area contributed by atoms with Gasteiger partial charge in [-0.1, -0.05) is 48.9 Å². The van der Waals surface area contributed by atoms with Crippen LogP contribution in [0, 0.1) is 0 Å². The third kappa shape index (κ3) is 4.80. The van der Waals surface area contributed by atoms with Crippen molar-refractivity contribution in [3.05, 3.63) is 59.1 Å². The standard InChI is InChI=1S/C21H26ClN3O3S/c1-3-24(2)20(16-9-5-4-6-10-16)21(26)23-17-11-12-18(22)19(15-17)29(27,28)25-13-7-8-14-25/h4-6,9-12,15,20H,3,7-8,13-14H2,1-2H3,(H,23,26). The Balaban J connectivity index is 1.88. The van der Waals surface area contributed by atoms with Crippen molar-refractivity contribution in [3.63, 3.8) is 0 Å². The largest absolute Gasteiger partial charge is 0.324 e. The number of amides is 1. The molecule has 0 aromatic heterocycles. The second-order valence-corrected chi connectivity index (χ2v) is 9.45. The molecule has 0 radical (unpaired) electrons. The average Bonchev–Trinajstić information content (AvgIpc) is 3.26. The summed E-state index contributed by atoms with van der Waals surface area (Å²) in [7, 11) is -1.80. The number of halogens is 1. The number of nitrogens with one attached hydrogen (secondary N) is 1. The quantitative estimate of drug-likeness (QED) is 0.718. The lowest BCUT2D eigenvalue weighted by Crippen LogP contribution is -2.34. The lowest BCUT2D eigenvalue weighted by molar-refractivity contribution is -0.121. The molecule has 8 heteroatoms. The summed E-state index contributed by atoms with van der Waals surface area (Å²) in [5, 5.41) is 3.02. The molecule has 0 spiro atoms. The summed E-state index contributed by atoms with van der Waals surface area (Å²) in [6.07, 6.45) is 1.69. The SMILES string of the molecule is CCN(C)C(C(=O)Nc1ccc(Cl)c(S(=O)(=O)N2CCCC2)c1)c1ccccc1. The normalized spacial score (nSPS) is 16.1. The molecule has 2 aromatic carbocycles. The lowest BCUT2D eigenvalue weighted by Gasteiger charge is -2.26. The molecule has 1 heterocycles. The van der Waals surface area contributed by atoms with Crippen LogP contribution in [0.1, 0.15) is 31.4 Å². The minimum Gasteiger partial charge on any atom is -0.324 e. The Hall–Kier alpha value is -1.93. The number of sulfonamides is 1. The molecule has 1 aliphatic rings. The number of anilines is 1. The van der Waals surface area contributed by atoms with Crippen molar-refractivity contribution in [2.45, 2.75) is 30.7 Å². The maximum absolute atomic E-state index is 13.1. The molecule has 0 saturated carbocycles. The summed E-state index contributed by atoms with van der Waals surface area (Å²) in [5.74, 6) is -0.229. The lowest BCUT2D eigenvalue weighted by atomic mass is 10.0. The highest BCUT2D eigenvalue weighted by atomic mass is 35.5. The number of nitrogens with zero attached hydrogens (tertiary/aromatic N) is 2. The first kappa shape index (κ1) is 21.8. The first-order chi connectivity index (χ1) is 13.8. The third-order valence-electron chi connectivity index (χ3n) is 5.18. The molecule has 1 atom stereocenters. The highest BCUT2D eigenvalue weighted by molar-refractivity contribution is 7.89. The van der Waals surface area contributed by atoms with Crippen molar-refractivity contribution in [2.75, 3.05) is 32.0 Å². The zero-order chi connectivity index (χ0) is 21.0. The van der Waals surface area contributed by atoms with Gasteiger partial charge in [0.2, 0.25) is 15.9 Å². The van der Waals surface area contributed by atoms with Crippen LogP contribution in [0.5, 0.6) is 0 Å². The number of likely N-dealkylation sites (N-methyl/N-ethyl adjacent to an activating group) is 1. The van der Waals surface area contributed by atoms with Crippen molar-refractivity contribution in [2.24, 2.45) is 0 Å². The Morgan fingerprint density at radius 2 is 1.83 bits per heavy atom. The van der Waals surface area contributed by atoms with Gasteiger partial charge in [-0.05, 0) is 50.2 Å². The minimum atomic E-state index is -3.68. The molecule has 3 rings (SSSR count). The van der Waals surface area contributed by atoms with Crippen molar-refractivity contribution in [3.8, 4) is 0 Å². The van der Waals surface area contributed by atoms with Crippen molar-refractivity contribution >= 4 is 33.2 Å². The topological polar surface area (TPSA) is 69.7 Å². The number of carbonyl (C=O) groups excluding carboxylic acids is 1. The van der Waals surface area contributed by atoms with E-state index in [4.69, 9.17) is 11.6 Å². The van der Waals surface area contributed by atoms with Crippen molar-refractivity contribution in [1.29, 1.82) is 0 Å². The fraction of sp³-hybridized carbons (Fsp3) is 0.381. The fourth-order valence-electron chi connectivity index (χ4n) is 3.48. The van der Waals surface area contributed by atoms with Gasteiger partial charge in [0.1, 0.15) is 10.9 Å². The molecule has 1 saturated heterocycles. The highest BCUT2D eigenvalue weighted by Gasteiger charge is 2.30. The van der Waals surface area contributed by atoms with Crippen LogP contribution in [0.2, 0.25) is 5.02 Å². The third-order valence-corrected chi connectivity index (χ3v) is 7.57. The predicted molar refractivity (Wildman–Crippen MR) is 116 cm³/mol. The van der Waals surface area contributed by atoms with Crippen LogP contribution in [0.3, 0.4) is 0 Å². The van der Waals surface area contributed by atoms with E-state index in [1.54, 1.807) is 6.07 Å². The fourth-order valence-corrected chi connectivity index (χ4v) is 5.50. The van der Waals surface area contributed by atoms with Crippen LogP contribution in [0.4, 0.5) is 5.69 Å². The van der Waals surface area contributed by atoms with E-state index in [0.29, 0.717) is 25.3 Å². The van der Waals surface area contributed by atoms with E-state index < -0.39 is 16.1 Å².